The van der Waals surface area contributed by atoms with Crippen molar-refractivity contribution in [1.82, 2.24) is 14.8 Å². The van der Waals surface area contributed by atoms with Gasteiger partial charge in [0.15, 0.2) is 6.10 Å². The van der Waals surface area contributed by atoms with Crippen LogP contribution in [0.25, 0.3) is 5.69 Å². The van der Waals surface area contributed by atoms with Gasteiger partial charge >= 0.3 is 0 Å². The Balaban J connectivity index is 1.62. The average molecular weight is 322 g/mol. The zero-order chi connectivity index (χ0) is 16.9. The zero-order valence-corrected chi connectivity index (χ0v) is 13.5. The first-order valence-electron chi connectivity index (χ1n) is 7.63. The number of pyridine rings is 1. The number of carbonyl (C=O) groups is 1. The molecule has 0 saturated carbocycles. The highest BCUT2D eigenvalue weighted by atomic mass is 16.5. The van der Waals surface area contributed by atoms with Crippen molar-refractivity contribution in [3.05, 3.63) is 66.5 Å². The molecule has 0 aliphatic rings. The number of benzene rings is 1. The Morgan fingerprint density at radius 1 is 1.17 bits per heavy atom. The van der Waals surface area contributed by atoms with E-state index in [4.69, 9.17) is 4.74 Å². The molecule has 122 valence electrons. The molecule has 1 atom stereocenters. The van der Waals surface area contributed by atoms with Gasteiger partial charge in [-0.3, -0.25) is 4.79 Å². The number of ether oxygens (including phenoxy) is 1. The van der Waals surface area contributed by atoms with E-state index in [9.17, 15) is 4.79 Å². The maximum atomic E-state index is 12.2. The third-order valence-electron chi connectivity index (χ3n) is 3.41. The van der Waals surface area contributed by atoms with Crippen molar-refractivity contribution in [1.29, 1.82) is 0 Å². The quantitative estimate of drug-likeness (QED) is 0.784. The lowest BCUT2D eigenvalue weighted by molar-refractivity contribution is -0.122. The fourth-order valence-electron chi connectivity index (χ4n) is 2.10. The van der Waals surface area contributed by atoms with Gasteiger partial charge in [-0.1, -0.05) is 24.3 Å². The van der Waals surface area contributed by atoms with Gasteiger partial charge in [0, 0.05) is 18.5 Å². The Labute approximate surface area is 140 Å². The number of hydrogen-bond acceptors (Lipinski definition) is 4. The zero-order valence-electron chi connectivity index (χ0n) is 13.5. The summed E-state index contributed by atoms with van der Waals surface area (Å²) in [5.74, 6) is 0.606. The predicted octanol–water partition coefficient (Wildman–Crippen LogP) is 2.98. The van der Waals surface area contributed by atoms with Crippen molar-refractivity contribution in [2.75, 3.05) is 5.32 Å². The molecule has 1 amide bonds. The van der Waals surface area contributed by atoms with Crippen LogP contribution in [0.1, 0.15) is 12.5 Å². The smallest absolute Gasteiger partial charge is 0.266 e. The number of aromatic nitrogens is 3. The highest BCUT2D eigenvalue weighted by molar-refractivity contribution is 5.93. The number of amides is 1. The SMILES string of the molecule is Cc1ccc(NC(=O)[C@H](C)Oc2ccn(-c3ccccc3)n2)nc1. The molecule has 0 aliphatic heterocycles. The van der Waals surface area contributed by atoms with Gasteiger partial charge < -0.3 is 10.1 Å². The number of para-hydroxylation sites is 1. The molecule has 1 N–H and O–H groups in total. The first-order valence-corrected chi connectivity index (χ1v) is 7.63. The molecule has 0 radical (unpaired) electrons. The molecule has 1 aromatic carbocycles. The van der Waals surface area contributed by atoms with Crippen LogP contribution in [0.15, 0.2) is 60.9 Å². The highest BCUT2D eigenvalue weighted by Gasteiger charge is 2.16. The molecule has 2 heterocycles. The van der Waals surface area contributed by atoms with Gasteiger partial charge in [-0.15, -0.1) is 5.10 Å². The second kappa shape index (κ2) is 6.95. The molecule has 6 nitrogen and oxygen atoms in total. The minimum absolute atomic E-state index is 0.277. The Bertz CT molecular complexity index is 813. The van der Waals surface area contributed by atoms with E-state index in [2.05, 4.69) is 15.4 Å². The Hall–Kier alpha value is -3.15. The lowest BCUT2D eigenvalue weighted by Gasteiger charge is -2.12. The molecule has 24 heavy (non-hydrogen) atoms. The standard InChI is InChI=1S/C18H18N4O2/c1-13-8-9-16(19-12-13)20-18(23)14(2)24-17-10-11-22(21-17)15-6-4-3-5-7-15/h3-12,14H,1-2H3,(H,19,20,23)/t14-/m0/s1. The summed E-state index contributed by atoms with van der Waals surface area (Å²) in [5, 5.41) is 7.04. The van der Waals surface area contributed by atoms with Crippen molar-refractivity contribution in [3.8, 4) is 11.6 Å². The van der Waals surface area contributed by atoms with Crippen molar-refractivity contribution in [2.45, 2.75) is 20.0 Å². The third kappa shape index (κ3) is 3.78. The molecular weight excluding hydrogens is 304 g/mol. The number of aryl methyl sites for hydroxylation is 1. The summed E-state index contributed by atoms with van der Waals surface area (Å²) in [6.07, 6.45) is 2.80. The van der Waals surface area contributed by atoms with Gasteiger partial charge in [0.1, 0.15) is 5.82 Å². The van der Waals surface area contributed by atoms with E-state index >= 15 is 0 Å². The summed E-state index contributed by atoms with van der Waals surface area (Å²) < 4.78 is 7.30. The summed E-state index contributed by atoms with van der Waals surface area (Å²) in [5.41, 5.74) is 1.96. The van der Waals surface area contributed by atoms with E-state index in [1.807, 2.05) is 43.3 Å². The maximum absolute atomic E-state index is 12.2. The predicted molar refractivity (Wildman–Crippen MR) is 91.3 cm³/mol. The molecular formula is C18H18N4O2. The fourth-order valence-corrected chi connectivity index (χ4v) is 2.10. The van der Waals surface area contributed by atoms with Crippen molar-refractivity contribution in [2.24, 2.45) is 0 Å². The number of nitrogens with one attached hydrogen (secondary N) is 1. The van der Waals surface area contributed by atoms with Gasteiger partial charge in [-0.05, 0) is 37.6 Å². The first-order chi connectivity index (χ1) is 11.6. The Morgan fingerprint density at radius 2 is 1.96 bits per heavy atom. The molecule has 2 aromatic heterocycles. The summed E-state index contributed by atoms with van der Waals surface area (Å²) in [7, 11) is 0. The van der Waals surface area contributed by atoms with Gasteiger partial charge in [-0.2, -0.15) is 0 Å². The number of hydrogen-bond donors (Lipinski definition) is 1. The normalized spacial score (nSPS) is 11.8. The van der Waals surface area contributed by atoms with E-state index in [1.165, 1.54) is 0 Å². The molecule has 0 fully saturated rings. The minimum Gasteiger partial charge on any atom is -0.463 e. The molecule has 0 spiro atoms. The average Bonchev–Trinajstić information content (AvgIpc) is 3.06. The maximum Gasteiger partial charge on any atom is 0.266 e. The topological polar surface area (TPSA) is 69.0 Å². The van der Waals surface area contributed by atoms with Crippen molar-refractivity contribution < 1.29 is 9.53 Å². The minimum atomic E-state index is -0.688. The van der Waals surface area contributed by atoms with E-state index in [1.54, 1.807) is 36.1 Å². The molecule has 3 rings (SSSR count). The third-order valence-corrected chi connectivity index (χ3v) is 3.41. The molecule has 3 aromatic rings. The number of rotatable bonds is 5. The fraction of sp³-hybridized carbons (Fsp3) is 0.167. The van der Waals surface area contributed by atoms with Crippen LogP contribution >= 0.6 is 0 Å². The molecule has 0 saturated heterocycles. The first kappa shape index (κ1) is 15.7. The van der Waals surface area contributed by atoms with Crippen LogP contribution in [-0.4, -0.2) is 26.8 Å². The van der Waals surface area contributed by atoms with Crippen LogP contribution in [0.4, 0.5) is 5.82 Å². The lowest BCUT2D eigenvalue weighted by atomic mass is 10.3. The van der Waals surface area contributed by atoms with Gasteiger partial charge in [0.2, 0.25) is 5.88 Å². The summed E-state index contributed by atoms with van der Waals surface area (Å²) in [4.78, 5) is 16.3. The van der Waals surface area contributed by atoms with Crippen LogP contribution in [-0.2, 0) is 4.79 Å². The van der Waals surface area contributed by atoms with Gasteiger partial charge in [0.05, 0.1) is 5.69 Å². The lowest BCUT2D eigenvalue weighted by Crippen LogP contribution is -2.30. The van der Waals surface area contributed by atoms with E-state index < -0.39 is 6.10 Å². The molecule has 0 bridgehead atoms. The largest absolute Gasteiger partial charge is 0.463 e. The van der Waals surface area contributed by atoms with Crippen LogP contribution in [0.5, 0.6) is 5.88 Å². The second-order valence-electron chi connectivity index (χ2n) is 5.40. The van der Waals surface area contributed by atoms with Crippen LogP contribution in [0, 0.1) is 6.92 Å². The molecule has 0 unspecified atom stereocenters. The molecule has 0 aliphatic carbocycles. The van der Waals surface area contributed by atoms with E-state index in [0.29, 0.717) is 11.7 Å². The van der Waals surface area contributed by atoms with Crippen LogP contribution < -0.4 is 10.1 Å². The van der Waals surface area contributed by atoms with E-state index in [0.717, 1.165) is 11.3 Å². The molecule has 6 heteroatoms. The van der Waals surface area contributed by atoms with Crippen molar-refractivity contribution in [3.63, 3.8) is 0 Å². The van der Waals surface area contributed by atoms with Crippen LogP contribution in [0.3, 0.4) is 0 Å². The number of nitrogens with zero attached hydrogens (tertiary/aromatic N) is 3. The van der Waals surface area contributed by atoms with Gasteiger partial charge in [0.25, 0.3) is 5.91 Å². The monoisotopic (exact) mass is 322 g/mol. The summed E-state index contributed by atoms with van der Waals surface area (Å²) in [6, 6.07) is 15.0. The van der Waals surface area contributed by atoms with E-state index in [-0.39, 0.29) is 5.91 Å². The number of carbonyl (C=O) groups excluding carboxylic acids is 1. The van der Waals surface area contributed by atoms with Crippen LogP contribution in [0.2, 0.25) is 0 Å². The Morgan fingerprint density at radius 3 is 2.67 bits per heavy atom. The summed E-state index contributed by atoms with van der Waals surface area (Å²) >= 11 is 0. The highest BCUT2D eigenvalue weighted by Crippen LogP contribution is 2.13. The van der Waals surface area contributed by atoms with Gasteiger partial charge in [-0.25, -0.2) is 9.67 Å². The van der Waals surface area contributed by atoms with Crippen molar-refractivity contribution >= 4 is 11.7 Å². The number of anilines is 1. The summed E-state index contributed by atoms with van der Waals surface area (Å²) in [6.45, 7) is 3.61. The Kier molecular flexibility index (Phi) is 4.56. The second-order valence-corrected chi connectivity index (χ2v) is 5.40.